The molecule has 0 aliphatic rings. The minimum absolute atomic E-state index is 0.0169. The van der Waals surface area contributed by atoms with Crippen LogP contribution in [0.5, 0.6) is 0 Å². The summed E-state index contributed by atoms with van der Waals surface area (Å²) in [6.45, 7) is 0.349. The summed E-state index contributed by atoms with van der Waals surface area (Å²) in [7, 11) is 2.87. The highest BCUT2D eigenvalue weighted by molar-refractivity contribution is 7.07. The molecular formula is C12H12N4O4S. The van der Waals surface area contributed by atoms with Crippen LogP contribution in [0.2, 0.25) is 0 Å². The van der Waals surface area contributed by atoms with Crippen molar-refractivity contribution in [3.05, 3.63) is 44.5 Å². The first-order valence-electron chi connectivity index (χ1n) is 5.85. The SMILES string of the molecule is COC(=O)c1ccc([N+](=O)[O-])c(N(C)Cc2cscn2)n1. The van der Waals surface area contributed by atoms with Crippen LogP contribution in [-0.2, 0) is 11.3 Å². The average Bonchev–Trinajstić information content (AvgIpc) is 2.98. The maximum Gasteiger partial charge on any atom is 0.356 e. The molecule has 9 heteroatoms. The van der Waals surface area contributed by atoms with Gasteiger partial charge in [0.25, 0.3) is 0 Å². The summed E-state index contributed by atoms with van der Waals surface area (Å²) in [5.74, 6) is -0.552. The van der Waals surface area contributed by atoms with Crippen molar-refractivity contribution in [2.45, 2.75) is 6.54 Å². The van der Waals surface area contributed by atoms with Crippen LogP contribution in [0.25, 0.3) is 0 Å². The van der Waals surface area contributed by atoms with Gasteiger partial charge in [-0.05, 0) is 6.07 Å². The summed E-state index contributed by atoms with van der Waals surface area (Å²) >= 11 is 1.43. The van der Waals surface area contributed by atoms with E-state index in [0.29, 0.717) is 6.54 Å². The number of carbonyl (C=O) groups excluding carboxylic acids is 1. The van der Waals surface area contributed by atoms with E-state index in [1.165, 1.54) is 30.6 Å². The molecule has 0 saturated heterocycles. The van der Waals surface area contributed by atoms with E-state index in [2.05, 4.69) is 14.7 Å². The Hall–Kier alpha value is -2.55. The molecule has 0 atom stereocenters. The fraction of sp³-hybridized carbons (Fsp3) is 0.250. The van der Waals surface area contributed by atoms with E-state index in [9.17, 15) is 14.9 Å². The van der Waals surface area contributed by atoms with Crippen LogP contribution in [0.3, 0.4) is 0 Å². The minimum Gasteiger partial charge on any atom is -0.464 e. The molecule has 110 valence electrons. The van der Waals surface area contributed by atoms with Crippen LogP contribution in [-0.4, -0.2) is 35.0 Å². The highest BCUT2D eigenvalue weighted by Crippen LogP contribution is 2.26. The van der Waals surface area contributed by atoms with Crippen molar-refractivity contribution in [3.8, 4) is 0 Å². The van der Waals surface area contributed by atoms with E-state index in [1.807, 2.05) is 5.38 Å². The first-order chi connectivity index (χ1) is 10.0. The summed E-state index contributed by atoms with van der Waals surface area (Å²) in [6, 6.07) is 2.51. The zero-order chi connectivity index (χ0) is 15.4. The number of methoxy groups -OCH3 is 1. The van der Waals surface area contributed by atoms with Crippen molar-refractivity contribution in [2.75, 3.05) is 19.1 Å². The molecule has 0 bridgehead atoms. The van der Waals surface area contributed by atoms with Crippen molar-refractivity contribution >= 4 is 28.8 Å². The van der Waals surface area contributed by atoms with Crippen molar-refractivity contribution in [3.63, 3.8) is 0 Å². The van der Waals surface area contributed by atoms with Gasteiger partial charge in [-0.2, -0.15) is 0 Å². The standard InChI is InChI=1S/C12H12N4O4S/c1-15(5-8-6-21-7-13-8)11-10(16(18)19)4-3-9(14-11)12(17)20-2/h3-4,6-7H,5H2,1-2H3. The predicted molar refractivity (Wildman–Crippen MR) is 76.5 cm³/mol. The molecule has 0 aromatic carbocycles. The predicted octanol–water partition coefficient (Wildman–Crippen LogP) is 1.87. The second kappa shape index (κ2) is 6.27. The second-order valence-electron chi connectivity index (χ2n) is 4.12. The zero-order valence-corrected chi connectivity index (χ0v) is 12.2. The number of thiazole rings is 1. The molecule has 0 radical (unpaired) electrons. The number of hydrogen-bond acceptors (Lipinski definition) is 8. The van der Waals surface area contributed by atoms with Gasteiger partial charge in [-0.1, -0.05) is 0 Å². The molecular weight excluding hydrogens is 296 g/mol. The third-order valence-electron chi connectivity index (χ3n) is 2.69. The Kier molecular flexibility index (Phi) is 4.43. The number of esters is 1. The van der Waals surface area contributed by atoms with Crippen molar-refractivity contribution in [2.24, 2.45) is 0 Å². The van der Waals surface area contributed by atoms with E-state index < -0.39 is 10.9 Å². The highest BCUT2D eigenvalue weighted by atomic mass is 32.1. The third-order valence-corrected chi connectivity index (χ3v) is 3.33. The fourth-order valence-electron chi connectivity index (χ4n) is 1.72. The Morgan fingerprint density at radius 1 is 1.52 bits per heavy atom. The van der Waals surface area contributed by atoms with Crippen LogP contribution >= 0.6 is 11.3 Å². The molecule has 2 aromatic rings. The third kappa shape index (κ3) is 3.31. The van der Waals surface area contributed by atoms with Crippen molar-refractivity contribution < 1.29 is 14.5 Å². The van der Waals surface area contributed by atoms with Gasteiger partial charge in [-0.25, -0.2) is 14.8 Å². The molecule has 8 nitrogen and oxygen atoms in total. The van der Waals surface area contributed by atoms with Gasteiger partial charge >= 0.3 is 11.7 Å². The van der Waals surface area contributed by atoms with Crippen LogP contribution in [0, 0.1) is 10.1 Å². The van der Waals surface area contributed by atoms with Gasteiger partial charge < -0.3 is 9.64 Å². The lowest BCUT2D eigenvalue weighted by molar-refractivity contribution is -0.384. The molecule has 0 N–H and O–H groups in total. The molecule has 2 rings (SSSR count). The topological polar surface area (TPSA) is 98.5 Å². The largest absolute Gasteiger partial charge is 0.464 e. The molecule has 2 aromatic heterocycles. The lowest BCUT2D eigenvalue weighted by Crippen LogP contribution is -2.20. The molecule has 0 aliphatic carbocycles. The van der Waals surface area contributed by atoms with E-state index >= 15 is 0 Å². The smallest absolute Gasteiger partial charge is 0.356 e. The molecule has 0 amide bonds. The lowest BCUT2D eigenvalue weighted by Gasteiger charge is -2.17. The molecule has 0 saturated carbocycles. The number of nitrogens with zero attached hydrogens (tertiary/aromatic N) is 4. The van der Waals surface area contributed by atoms with E-state index in [0.717, 1.165) is 5.69 Å². The van der Waals surface area contributed by atoms with Crippen molar-refractivity contribution in [1.29, 1.82) is 0 Å². The Morgan fingerprint density at radius 3 is 2.86 bits per heavy atom. The number of aromatic nitrogens is 2. The van der Waals surface area contributed by atoms with Gasteiger partial charge in [0, 0.05) is 18.5 Å². The molecule has 21 heavy (non-hydrogen) atoms. The van der Waals surface area contributed by atoms with Crippen LogP contribution in [0.1, 0.15) is 16.2 Å². The van der Waals surface area contributed by atoms with E-state index in [-0.39, 0.29) is 17.2 Å². The summed E-state index contributed by atoms with van der Waals surface area (Å²) < 4.78 is 4.58. The Labute approximate surface area is 124 Å². The summed E-state index contributed by atoms with van der Waals surface area (Å²) in [5, 5.41) is 12.9. The second-order valence-corrected chi connectivity index (χ2v) is 4.84. The number of rotatable bonds is 5. The van der Waals surface area contributed by atoms with Gasteiger partial charge in [0.2, 0.25) is 5.82 Å². The Morgan fingerprint density at radius 2 is 2.29 bits per heavy atom. The van der Waals surface area contributed by atoms with Gasteiger partial charge in [0.1, 0.15) is 0 Å². The van der Waals surface area contributed by atoms with E-state index in [1.54, 1.807) is 17.5 Å². The summed E-state index contributed by atoms with van der Waals surface area (Å²) in [5.41, 5.74) is 2.28. The normalized spacial score (nSPS) is 10.2. The number of anilines is 1. The average molecular weight is 308 g/mol. The highest BCUT2D eigenvalue weighted by Gasteiger charge is 2.22. The quantitative estimate of drug-likeness (QED) is 0.472. The van der Waals surface area contributed by atoms with Crippen LogP contribution in [0.4, 0.5) is 11.5 Å². The monoisotopic (exact) mass is 308 g/mol. The number of carbonyl (C=O) groups is 1. The van der Waals surface area contributed by atoms with Gasteiger partial charge in [-0.3, -0.25) is 10.1 Å². The molecule has 0 fully saturated rings. The lowest BCUT2D eigenvalue weighted by atomic mass is 10.3. The number of nitro groups is 1. The Balaban J connectivity index is 2.37. The van der Waals surface area contributed by atoms with Crippen LogP contribution < -0.4 is 4.90 Å². The summed E-state index contributed by atoms with van der Waals surface area (Å²) in [6.07, 6.45) is 0. The minimum atomic E-state index is -0.645. The summed E-state index contributed by atoms with van der Waals surface area (Å²) in [4.78, 5) is 31.8. The van der Waals surface area contributed by atoms with Gasteiger partial charge in [-0.15, -0.1) is 11.3 Å². The molecule has 2 heterocycles. The maximum absolute atomic E-state index is 11.5. The van der Waals surface area contributed by atoms with E-state index in [4.69, 9.17) is 0 Å². The van der Waals surface area contributed by atoms with Crippen molar-refractivity contribution in [1.82, 2.24) is 9.97 Å². The number of hydrogen-bond donors (Lipinski definition) is 0. The molecule has 0 spiro atoms. The number of ether oxygens (including phenoxy) is 1. The maximum atomic E-state index is 11.5. The zero-order valence-electron chi connectivity index (χ0n) is 11.3. The van der Waals surface area contributed by atoms with Crippen LogP contribution in [0.15, 0.2) is 23.0 Å². The fourth-order valence-corrected chi connectivity index (χ4v) is 2.27. The first kappa shape index (κ1) is 14.9. The molecule has 0 unspecified atom stereocenters. The first-order valence-corrected chi connectivity index (χ1v) is 6.79. The molecule has 0 aliphatic heterocycles. The Bertz CT molecular complexity index is 659. The van der Waals surface area contributed by atoms with Gasteiger partial charge in [0.05, 0.1) is 29.8 Å². The number of pyridine rings is 1. The van der Waals surface area contributed by atoms with Gasteiger partial charge in [0.15, 0.2) is 5.69 Å².